The summed E-state index contributed by atoms with van der Waals surface area (Å²) in [7, 11) is 0. The third-order valence-electron chi connectivity index (χ3n) is 2.45. The molecule has 18 heavy (non-hydrogen) atoms. The number of nitrogens with one attached hydrogen (secondary N) is 1. The summed E-state index contributed by atoms with van der Waals surface area (Å²) >= 11 is 0. The minimum absolute atomic E-state index is 0.0863. The lowest BCUT2D eigenvalue weighted by Gasteiger charge is -2.13. The van der Waals surface area contributed by atoms with Gasteiger partial charge < -0.3 is 14.8 Å². The van der Waals surface area contributed by atoms with E-state index in [1.165, 1.54) is 5.56 Å². The molecular formula is C14H20N2O2. The van der Waals surface area contributed by atoms with Gasteiger partial charge in [-0.1, -0.05) is 12.1 Å². The van der Waals surface area contributed by atoms with Crippen LogP contribution in [0.4, 0.5) is 0 Å². The average Bonchev–Trinajstić information content (AvgIpc) is 2.41. The Morgan fingerprint density at radius 3 is 2.67 bits per heavy atom. The second-order valence-corrected chi connectivity index (χ2v) is 4.03. The topological polar surface area (TPSA) is 54.3 Å². The predicted molar refractivity (Wildman–Crippen MR) is 70.3 cm³/mol. The molecule has 1 N–H and O–H groups in total. The van der Waals surface area contributed by atoms with Crippen LogP contribution in [0.2, 0.25) is 0 Å². The molecule has 1 rings (SSSR count). The van der Waals surface area contributed by atoms with E-state index in [1.807, 2.05) is 37.3 Å². The van der Waals surface area contributed by atoms with Crippen molar-refractivity contribution in [3.63, 3.8) is 0 Å². The molecule has 1 atom stereocenters. The highest BCUT2D eigenvalue weighted by atomic mass is 16.5. The van der Waals surface area contributed by atoms with Crippen LogP contribution in [0.5, 0.6) is 5.75 Å². The quantitative estimate of drug-likeness (QED) is 0.765. The van der Waals surface area contributed by atoms with Crippen molar-refractivity contribution < 1.29 is 9.47 Å². The number of rotatable bonds is 8. The van der Waals surface area contributed by atoms with E-state index in [-0.39, 0.29) is 6.61 Å². The first-order chi connectivity index (χ1) is 8.76. The Morgan fingerprint density at radius 1 is 1.33 bits per heavy atom. The first-order valence-corrected chi connectivity index (χ1v) is 6.16. The third kappa shape index (κ3) is 5.67. The summed E-state index contributed by atoms with van der Waals surface area (Å²) in [5, 5.41) is 11.8. The number of hydrogen-bond donors (Lipinski definition) is 1. The van der Waals surface area contributed by atoms with Gasteiger partial charge in [0, 0.05) is 19.2 Å². The van der Waals surface area contributed by atoms with Crippen molar-refractivity contribution in [2.24, 2.45) is 0 Å². The maximum Gasteiger partial charge on any atom is 0.174 e. The smallest absolute Gasteiger partial charge is 0.174 e. The molecule has 0 amide bonds. The standard InChI is InChI=1S/C14H20N2O2/c1-3-17-11-12(2)16-10-13-4-6-14(7-5-13)18-9-8-15/h4-7,12,16H,3,9-11H2,1-2H3. The van der Waals surface area contributed by atoms with E-state index in [2.05, 4.69) is 12.2 Å². The minimum Gasteiger partial charge on any atom is -0.479 e. The van der Waals surface area contributed by atoms with E-state index in [1.54, 1.807) is 0 Å². The Morgan fingerprint density at radius 2 is 2.06 bits per heavy atom. The molecule has 0 aliphatic rings. The molecule has 0 heterocycles. The first-order valence-electron chi connectivity index (χ1n) is 6.16. The molecule has 4 heteroatoms. The van der Waals surface area contributed by atoms with Gasteiger partial charge in [-0.15, -0.1) is 0 Å². The Labute approximate surface area is 109 Å². The van der Waals surface area contributed by atoms with Gasteiger partial charge in [-0.3, -0.25) is 0 Å². The van der Waals surface area contributed by atoms with Crippen LogP contribution < -0.4 is 10.1 Å². The average molecular weight is 248 g/mol. The summed E-state index contributed by atoms with van der Waals surface area (Å²) in [5.41, 5.74) is 1.18. The highest BCUT2D eigenvalue weighted by Crippen LogP contribution is 2.11. The molecule has 0 radical (unpaired) electrons. The van der Waals surface area contributed by atoms with Gasteiger partial charge in [0.25, 0.3) is 0 Å². The van der Waals surface area contributed by atoms with E-state index in [9.17, 15) is 0 Å². The van der Waals surface area contributed by atoms with E-state index in [0.717, 1.165) is 25.5 Å². The number of benzene rings is 1. The van der Waals surface area contributed by atoms with Gasteiger partial charge in [0.1, 0.15) is 11.8 Å². The van der Waals surface area contributed by atoms with Crippen molar-refractivity contribution in [2.75, 3.05) is 19.8 Å². The normalized spacial score (nSPS) is 11.8. The van der Waals surface area contributed by atoms with E-state index < -0.39 is 0 Å². The van der Waals surface area contributed by atoms with Crippen molar-refractivity contribution >= 4 is 0 Å². The molecule has 0 saturated carbocycles. The van der Waals surface area contributed by atoms with Gasteiger partial charge in [-0.2, -0.15) is 5.26 Å². The molecule has 0 fully saturated rings. The van der Waals surface area contributed by atoms with Crippen molar-refractivity contribution in [1.82, 2.24) is 5.32 Å². The van der Waals surface area contributed by atoms with Gasteiger partial charge in [-0.05, 0) is 31.5 Å². The number of nitriles is 1. The van der Waals surface area contributed by atoms with Gasteiger partial charge in [-0.25, -0.2) is 0 Å². The Hall–Kier alpha value is -1.57. The van der Waals surface area contributed by atoms with E-state index in [0.29, 0.717) is 6.04 Å². The number of hydrogen-bond acceptors (Lipinski definition) is 4. The Kier molecular flexibility index (Phi) is 6.85. The lowest BCUT2D eigenvalue weighted by Crippen LogP contribution is -2.30. The van der Waals surface area contributed by atoms with E-state index >= 15 is 0 Å². The molecule has 0 saturated heterocycles. The summed E-state index contributed by atoms with van der Waals surface area (Å²) in [6, 6.07) is 10.0. The maximum absolute atomic E-state index is 8.40. The van der Waals surface area contributed by atoms with Crippen molar-refractivity contribution in [3.05, 3.63) is 29.8 Å². The Bertz CT molecular complexity index is 370. The molecule has 1 aromatic carbocycles. The highest BCUT2D eigenvalue weighted by molar-refractivity contribution is 5.27. The summed E-state index contributed by atoms with van der Waals surface area (Å²) in [4.78, 5) is 0. The fourth-order valence-electron chi connectivity index (χ4n) is 1.46. The molecule has 1 aromatic rings. The summed E-state index contributed by atoms with van der Waals surface area (Å²) in [5.74, 6) is 0.725. The molecule has 0 aliphatic heterocycles. The van der Waals surface area contributed by atoms with Crippen LogP contribution in [-0.2, 0) is 11.3 Å². The maximum atomic E-state index is 8.40. The molecule has 1 unspecified atom stereocenters. The molecule has 0 bridgehead atoms. The largest absolute Gasteiger partial charge is 0.479 e. The molecule has 4 nitrogen and oxygen atoms in total. The molecule has 0 aliphatic carbocycles. The van der Waals surface area contributed by atoms with Crippen LogP contribution in [0, 0.1) is 11.3 Å². The van der Waals surface area contributed by atoms with Crippen LogP contribution in [0.15, 0.2) is 24.3 Å². The second kappa shape index (κ2) is 8.51. The van der Waals surface area contributed by atoms with E-state index in [4.69, 9.17) is 14.7 Å². The van der Waals surface area contributed by atoms with Crippen LogP contribution in [-0.4, -0.2) is 25.9 Å². The SMILES string of the molecule is CCOCC(C)NCc1ccc(OCC#N)cc1. The van der Waals surface area contributed by atoms with Crippen molar-refractivity contribution in [2.45, 2.75) is 26.4 Å². The lowest BCUT2D eigenvalue weighted by atomic mass is 10.2. The first kappa shape index (κ1) is 14.5. The summed E-state index contributed by atoms with van der Waals surface area (Å²) in [6.45, 7) is 6.44. The molecular weight excluding hydrogens is 228 g/mol. The van der Waals surface area contributed by atoms with Gasteiger partial charge in [0.15, 0.2) is 6.61 Å². The number of nitrogens with zero attached hydrogens (tertiary/aromatic N) is 1. The van der Waals surface area contributed by atoms with Crippen molar-refractivity contribution in [3.8, 4) is 11.8 Å². The zero-order valence-corrected chi connectivity index (χ0v) is 11.0. The van der Waals surface area contributed by atoms with Crippen LogP contribution in [0.3, 0.4) is 0 Å². The fraction of sp³-hybridized carbons (Fsp3) is 0.500. The van der Waals surface area contributed by atoms with Gasteiger partial charge in [0.05, 0.1) is 6.61 Å². The molecule has 0 spiro atoms. The summed E-state index contributed by atoms with van der Waals surface area (Å²) < 4.78 is 10.5. The van der Waals surface area contributed by atoms with Crippen LogP contribution in [0.25, 0.3) is 0 Å². The third-order valence-corrected chi connectivity index (χ3v) is 2.45. The second-order valence-electron chi connectivity index (χ2n) is 4.03. The lowest BCUT2D eigenvalue weighted by molar-refractivity contribution is 0.127. The zero-order chi connectivity index (χ0) is 13.2. The highest BCUT2D eigenvalue weighted by Gasteiger charge is 2.01. The van der Waals surface area contributed by atoms with Gasteiger partial charge in [0.2, 0.25) is 0 Å². The van der Waals surface area contributed by atoms with Crippen LogP contribution in [0.1, 0.15) is 19.4 Å². The van der Waals surface area contributed by atoms with Gasteiger partial charge >= 0.3 is 0 Å². The monoisotopic (exact) mass is 248 g/mol. The Balaban J connectivity index is 2.32. The zero-order valence-electron chi connectivity index (χ0n) is 11.0. The molecule has 98 valence electrons. The summed E-state index contributed by atoms with van der Waals surface area (Å²) in [6.07, 6.45) is 0. The minimum atomic E-state index is 0.0863. The van der Waals surface area contributed by atoms with Crippen LogP contribution >= 0.6 is 0 Å². The number of ether oxygens (including phenoxy) is 2. The fourth-order valence-corrected chi connectivity index (χ4v) is 1.46. The van der Waals surface area contributed by atoms with Crippen molar-refractivity contribution in [1.29, 1.82) is 5.26 Å². The molecule has 0 aromatic heterocycles. The predicted octanol–water partition coefficient (Wildman–Crippen LogP) is 2.10.